The van der Waals surface area contributed by atoms with Gasteiger partial charge in [-0.2, -0.15) is 0 Å². The standard InChI is InChI=1S/C28H34N4O6/c1-21-20-22(2)31-27(30-21)38-25(26(33)29-18-12-4-5-13-19-37-32(34)35)28(36-3,23-14-8-6-9-15-23)24-16-10-7-11-17-24/h6-11,14-17,20,25H,4-5,12-13,18-19H2,1-3H3,(H,29,33)/t25-/m1/s1. The normalized spacial score (nSPS) is 12.0. The van der Waals surface area contributed by atoms with Crippen LogP contribution in [-0.2, 0) is 20.0 Å². The highest BCUT2D eigenvalue weighted by Crippen LogP contribution is 2.38. The molecule has 0 radical (unpaired) electrons. The summed E-state index contributed by atoms with van der Waals surface area (Å²) < 4.78 is 12.5. The Kier molecular flexibility index (Phi) is 10.5. The summed E-state index contributed by atoms with van der Waals surface area (Å²) >= 11 is 0. The Hall–Kier alpha value is -4.05. The molecule has 1 heterocycles. The maximum absolute atomic E-state index is 13.8. The molecule has 0 saturated heterocycles. The number of carbonyl (C=O) groups excluding carboxylic acids is 1. The van der Waals surface area contributed by atoms with Crippen molar-refractivity contribution in [3.05, 3.63) is 99.4 Å². The molecule has 0 fully saturated rings. The quantitative estimate of drug-likeness (QED) is 0.178. The number of amides is 1. The third-order valence-corrected chi connectivity index (χ3v) is 6.09. The van der Waals surface area contributed by atoms with Crippen LogP contribution >= 0.6 is 0 Å². The van der Waals surface area contributed by atoms with E-state index in [2.05, 4.69) is 20.1 Å². The third kappa shape index (κ3) is 7.48. The number of aromatic nitrogens is 2. The van der Waals surface area contributed by atoms with Crippen LogP contribution < -0.4 is 10.1 Å². The Bertz CT molecular complexity index is 1120. The number of ether oxygens (including phenoxy) is 2. The van der Waals surface area contributed by atoms with Gasteiger partial charge in [0.2, 0.25) is 6.10 Å². The fourth-order valence-electron chi connectivity index (χ4n) is 4.38. The molecule has 3 aromatic rings. The second-order valence-corrected chi connectivity index (χ2v) is 8.87. The number of hydrogen-bond donors (Lipinski definition) is 1. The minimum Gasteiger partial charge on any atom is -0.446 e. The second-order valence-electron chi connectivity index (χ2n) is 8.87. The van der Waals surface area contributed by atoms with Crippen molar-refractivity contribution in [2.45, 2.75) is 51.2 Å². The van der Waals surface area contributed by atoms with Crippen LogP contribution in [-0.4, -0.2) is 47.3 Å². The average Bonchev–Trinajstić information content (AvgIpc) is 2.90. The minimum atomic E-state index is -1.30. The van der Waals surface area contributed by atoms with Crippen molar-refractivity contribution in [1.29, 1.82) is 0 Å². The Morgan fingerprint density at radius 3 is 2.03 bits per heavy atom. The largest absolute Gasteiger partial charge is 0.446 e. The summed E-state index contributed by atoms with van der Waals surface area (Å²) in [4.78, 5) is 37.2. The van der Waals surface area contributed by atoms with Gasteiger partial charge in [-0.05, 0) is 43.9 Å². The lowest BCUT2D eigenvalue weighted by Gasteiger charge is -2.39. The highest BCUT2D eigenvalue weighted by atomic mass is 16.9. The molecule has 0 aliphatic carbocycles. The smallest absolute Gasteiger partial charge is 0.317 e. The van der Waals surface area contributed by atoms with E-state index >= 15 is 0 Å². The van der Waals surface area contributed by atoms with Gasteiger partial charge in [0.25, 0.3) is 11.0 Å². The molecule has 10 nitrogen and oxygen atoms in total. The molecule has 1 aromatic heterocycles. The van der Waals surface area contributed by atoms with Crippen molar-refractivity contribution in [2.75, 3.05) is 20.3 Å². The number of nitrogens with zero attached hydrogens (tertiary/aromatic N) is 3. The zero-order valence-electron chi connectivity index (χ0n) is 22.0. The van der Waals surface area contributed by atoms with Gasteiger partial charge in [-0.15, -0.1) is 10.1 Å². The summed E-state index contributed by atoms with van der Waals surface area (Å²) in [6.45, 7) is 4.14. The van der Waals surface area contributed by atoms with E-state index in [1.807, 2.05) is 80.6 Å². The Morgan fingerprint density at radius 1 is 0.947 bits per heavy atom. The fourth-order valence-corrected chi connectivity index (χ4v) is 4.38. The van der Waals surface area contributed by atoms with Crippen LogP contribution in [0.15, 0.2) is 66.7 Å². The average molecular weight is 523 g/mol. The van der Waals surface area contributed by atoms with Gasteiger partial charge < -0.3 is 19.6 Å². The molecular formula is C28H34N4O6. The first-order valence-corrected chi connectivity index (χ1v) is 12.6. The zero-order chi connectivity index (χ0) is 27.4. The van der Waals surface area contributed by atoms with Crippen LogP contribution in [0.25, 0.3) is 0 Å². The maximum atomic E-state index is 13.8. The van der Waals surface area contributed by atoms with Crippen LogP contribution in [0.3, 0.4) is 0 Å². The number of rotatable bonds is 15. The highest BCUT2D eigenvalue weighted by Gasteiger charge is 2.49. The van der Waals surface area contributed by atoms with Crippen LogP contribution in [0, 0.1) is 24.0 Å². The van der Waals surface area contributed by atoms with Gasteiger partial charge in [-0.25, -0.2) is 9.97 Å². The van der Waals surface area contributed by atoms with E-state index < -0.39 is 16.8 Å². The molecule has 2 aromatic carbocycles. The minimum absolute atomic E-state index is 0.0652. The van der Waals surface area contributed by atoms with Crippen molar-refractivity contribution in [3.63, 3.8) is 0 Å². The lowest BCUT2D eigenvalue weighted by Crippen LogP contribution is -2.54. The van der Waals surface area contributed by atoms with E-state index in [1.165, 1.54) is 0 Å². The molecule has 0 bridgehead atoms. The lowest BCUT2D eigenvalue weighted by molar-refractivity contribution is -0.757. The van der Waals surface area contributed by atoms with Gasteiger partial charge in [-0.3, -0.25) is 4.79 Å². The summed E-state index contributed by atoms with van der Waals surface area (Å²) in [6.07, 6.45) is 1.62. The van der Waals surface area contributed by atoms with E-state index in [9.17, 15) is 14.9 Å². The molecule has 1 amide bonds. The first kappa shape index (κ1) is 28.5. The molecule has 38 heavy (non-hydrogen) atoms. The number of aryl methyl sites for hydroxylation is 2. The number of methoxy groups -OCH3 is 1. The van der Waals surface area contributed by atoms with Gasteiger partial charge in [0, 0.05) is 25.0 Å². The first-order valence-electron chi connectivity index (χ1n) is 12.6. The van der Waals surface area contributed by atoms with E-state index in [1.54, 1.807) is 7.11 Å². The molecule has 1 atom stereocenters. The van der Waals surface area contributed by atoms with Gasteiger partial charge in [0.05, 0.1) is 6.61 Å². The molecule has 0 saturated carbocycles. The number of nitrogens with one attached hydrogen (secondary N) is 1. The lowest BCUT2D eigenvalue weighted by atomic mass is 9.80. The second kappa shape index (κ2) is 14.0. The van der Waals surface area contributed by atoms with Crippen LogP contribution in [0.1, 0.15) is 48.2 Å². The Morgan fingerprint density at radius 2 is 1.50 bits per heavy atom. The molecule has 0 spiro atoms. The van der Waals surface area contributed by atoms with Crippen LogP contribution in [0.2, 0.25) is 0 Å². The maximum Gasteiger partial charge on any atom is 0.317 e. The Labute approximate surface area is 222 Å². The van der Waals surface area contributed by atoms with Gasteiger partial charge in [-0.1, -0.05) is 73.5 Å². The highest BCUT2D eigenvalue weighted by molar-refractivity contribution is 5.83. The molecule has 0 aliphatic heterocycles. The summed E-state index contributed by atoms with van der Waals surface area (Å²) in [6, 6.07) is 20.8. The van der Waals surface area contributed by atoms with Gasteiger partial charge in [0.15, 0.2) is 5.60 Å². The molecule has 10 heteroatoms. The van der Waals surface area contributed by atoms with E-state index in [0.29, 0.717) is 19.4 Å². The molecular weight excluding hydrogens is 488 g/mol. The van der Waals surface area contributed by atoms with Crippen molar-refractivity contribution in [1.82, 2.24) is 15.3 Å². The molecule has 1 N–H and O–H groups in total. The van der Waals surface area contributed by atoms with Crippen LogP contribution in [0.4, 0.5) is 0 Å². The van der Waals surface area contributed by atoms with E-state index in [0.717, 1.165) is 35.4 Å². The van der Waals surface area contributed by atoms with Gasteiger partial charge >= 0.3 is 6.01 Å². The van der Waals surface area contributed by atoms with Crippen molar-refractivity contribution < 1.29 is 24.2 Å². The number of carbonyl (C=O) groups is 1. The summed E-state index contributed by atoms with van der Waals surface area (Å²) in [5.74, 6) is -0.376. The monoisotopic (exact) mass is 522 g/mol. The topological polar surface area (TPSA) is 126 Å². The summed E-state index contributed by atoms with van der Waals surface area (Å²) in [7, 11) is 1.55. The number of unbranched alkanes of at least 4 members (excludes halogenated alkanes) is 3. The summed E-state index contributed by atoms with van der Waals surface area (Å²) in [5, 5.41) is 12.4. The first-order chi connectivity index (χ1) is 18.4. The van der Waals surface area contributed by atoms with Crippen molar-refractivity contribution in [2.24, 2.45) is 0 Å². The SMILES string of the molecule is COC(c1ccccc1)(c1ccccc1)[C@H](Oc1nc(C)cc(C)n1)C(=O)NCCCCCCO[N+](=O)[O-]. The van der Waals surface area contributed by atoms with E-state index in [4.69, 9.17) is 9.47 Å². The number of hydrogen-bond acceptors (Lipinski definition) is 8. The molecule has 0 aliphatic rings. The Balaban J connectivity index is 1.89. The zero-order valence-corrected chi connectivity index (χ0v) is 22.0. The third-order valence-electron chi connectivity index (χ3n) is 6.09. The van der Waals surface area contributed by atoms with Gasteiger partial charge in [0.1, 0.15) is 0 Å². The molecule has 0 unspecified atom stereocenters. The predicted octanol–water partition coefficient (Wildman–Crippen LogP) is 4.32. The molecule has 202 valence electrons. The summed E-state index contributed by atoms with van der Waals surface area (Å²) in [5.41, 5.74) is 1.62. The predicted molar refractivity (Wildman–Crippen MR) is 141 cm³/mol. The van der Waals surface area contributed by atoms with Crippen molar-refractivity contribution in [3.8, 4) is 6.01 Å². The fraction of sp³-hybridized carbons (Fsp3) is 0.393. The molecule has 3 rings (SSSR count). The van der Waals surface area contributed by atoms with E-state index in [-0.39, 0.29) is 18.5 Å². The van der Waals surface area contributed by atoms with Crippen molar-refractivity contribution >= 4 is 5.91 Å². The van der Waals surface area contributed by atoms with Crippen LogP contribution in [0.5, 0.6) is 6.01 Å². The number of benzene rings is 2.